The average Bonchev–Trinajstić information content (AvgIpc) is 2.15. The van der Waals surface area contributed by atoms with Crippen molar-refractivity contribution in [2.24, 2.45) is 0 Å². The minimum Gasteiger partial charge on any atom is -0.465 e. The first-order valence-corrected chi connectivity index (χ1v) is 3.92. The summed E-state index contributed by atoms with van der Waals surface area (Å²) >= 11 is 0. The number of amides is 2. The van der Waals surface area contributed by atoms with Crippen molar-refractivity contribution < 1.29 is 24.6 Å². The van der Waals surface area contributed by atoms with Crippen molar-refractivity contribution in [3.63, 3.8) is 0 Å². The van der Waals surface area contributed by atoms with Gasteiger partial charge in [-0.15, -0.1) is 0 Å². The Morgan fingerprint density at radius 1 is 1.43 bits per heavy atom. The predicted molar refractivity (Wildman–Crippen MR) is 46.5 cm³/mol. The van der Waals surface area contributed by atoms with Crippen molar-refractivity contribution in [1.29, 1.82) is 0 Å². The first kappa shape index (κ1) is 12.7. The van der Waals surface area contributed by atoms with Crippen molar-refractivity contribution in [2.45, 2.75) is 0 Å². The molecule has 0 bridgehead atoms. The number of carbonyl (C=O) groups is 2. The second kappa shape index (κ2) is 6.17. The summed E-state index contributed by atoms with van der Waals surface area (Å²) in [5.41, 5.74) is 0. The van der Waals surface area contributed by atoms with Gasteiger partial charge >= 0.3 is 6.09 Å². The Morgan fingerprint density at radius 3 is 2.36 bits per heavy atom. The lowest BCUT2D eigenvalue weighted by molar-refractivity contribution is -0.169. The number of aliphatic hydroxyl groups is 1. The number of aliphatic hydroxyl groups excluding tert-OH is 1. The van der Waals surface area contributed by atoms with Crippen LogP contribution in [-0.2, 0) is 9.63 Å². The van der Waals surface area contributed by atoms with Crippen LogP contribution in [-0.4, -0.2) is 66.0 Å². The molecular weight excluding hydrogens is 192 g/mol. The fourth-order valence-electron chi connectivity index (χ4n) is 0.728. The van der Waals surface area contributed by atoms with Crippen molar-refractivity contribution in [2.75, 3.05) is 33.9 Å². The number of hydrogen-bond donors (Lipinski definition) is 2. The molecule has 0 aromatic rings. The molecule has 2 N–H and O–H groups in total. The maximum atomic E-state index is 11.2. The van der Waals surface area contributed by atoms with Gasteiger partial charge in [0.2, 0.25) is 0 Å². The first-order chi connectivity index (χ1) is 6.52. The molecule has 7 heteroatoms. The molecule has 0 saturated heterocycles. The lowest BCUT2D eigenvalue weighted by Crippen LogP contribution is -2.41. The number of hydrogen-bond acceptors (Lipinski definition) is 4. The zero-order valence-corrected chi connectivity index (χ0v) is 8.13. The van der Waals surface area contributed by atoms with E-state index in [0.717, 1.165) is 9.96 Å². The zero-order valence-electron chi connectivity index (χ0n) is 8.13. The van der Waals surface area contributed by atoms with Crippen LogP contribution in [0.4, 0.5) is 4.79 Å². The molecule has 82 valence electrons. The minimum atomic E-state index is -1.25. The van der Waals surface area contributed by atoms with Gasteiger partial charge in [0, 0.05) is 13.6 Å². The molecule has 14 heavy (non-hydrogen) atoms. The van der Waals surface area contributed by atoms with Crippen molar-refractivity contribution in [3.05, 3.63) is 0 Å². The fourth-order valence-corrected chi connectivity index (χ4v) is 0.728. The van der Waals surface area contributed by atoms with Gasteiger partial charge < -0.3 is 10.2 Å². The molecule has 0 saturated carbocycles. The molecule has 7 nitrogen and oxygen atoms in total. The van der Waals surface area contributed by atoms with Crippen molar-refractivity contribution in [1.82, 2.24) is 9.96 Å². The molecule has 0 rings (SSSR count). The third kappa shape index (κ3) is 4.06. The van der Waals surface area contributed by atoms with Gasteiger partial charge in [-0.1, -0.05) is 0 Å². The Hall–Kier alpha value is -1.34. The van der Waals surface area contributed by atoms with Crippen molar-refractivity contribution >= 4 is 12.0 Å². The van der Waals surface area contributed by atoms with E-state index in [9.17, 15) is 9.59 Å². The summed E-state index contributed by atoms with van der Waals surface area (Å²) in [5.74, 6) is -0.497. The van der Waals surface area contributed by atoms with Crippen LogP contribution in [0.1, 0.15) is 0 Å². The summed E-state index contributed by atoms with van der Waals surface area (Å²) in [5, 5.41) is 18.1. The van der Waals surface area contributed by atoms with Gasteiger partial charge in [0.15, 0.2) is 0 Å². The number of likely N-dealkylation sites (N-methyl/N-ethyl adjacent to an activating group) is 1. The predicted octanol–water partition coefficient (Wildman–Crippen LogP) is -1.02. The van der Waals surface area contributed by atoms with Gasteiger partial charge in [-0.05, 0) is 0 Å². The SMILES string of the molecule is CON(C)C(=O)CN(CCO)C(=O)O. The van der Waals surface area contributed by atoms with E-state index < -0.39 is 12.0 Å². The number of carboxylic acid groups (broad SMARTS) is 1. The zero-order chi connectivity index (χ0) is 11.1. The van der Waals surface area contributed by atoms with E-state index in [1.54, 1.807) is 0 Å². The van der Waals surface area contributed by atoms with Gasteiger partial charge in [0.25, 0.3) is 5.91 Å². The molecule has 0 aliphatic rings. The minimum absolute atomic E-state index is 0.0986. The lowest BCUT2D eigenvalue weighted by Gasteiger charge is -2.20. The van der Waals surface area contributed by atoms with Gasteiger partial charge in [0.1, 0.15) is 6.54 Å². The summed E-state index contributed by atoms with van der Waals surface area (Å²) in [6.07, 6.45) is -1.25. The topological polar surface area (TPSA) is 90.3 Å². The first-order valence-electron chi connectivity index (χ1n) is 3.92. The second-order valence-corrected chi connectivity index (χ2v) is 2.50. The average molecular weight is 206 g/mol. The Morgan fingerprint density at radius 2 is 2.00 bits per heavy atom. The summed E-state index contributed by atoms with van der Waals surface area (Å²) in [7, 11) is 2.68. The molecule has 0 fully saturated rings. The van der Waals surface area contributed by atoms with Crippen molar-refractivity contribution in [3.8, 4) is 0 Å². The Kier molecular flexibility index (Phi) is 5.58. The van der Waals surface area contributed by atoms with Crippen LogP contribution in [0.15, 0.2) is 0 Å². The van der Waals surface area contributed by atoms with E-state index >= 15 is 0 Å². The Bertz CT molecular complexity index is 208. The van der Waals surface area contributed by atoms with Gasteiger partial charge in [-0.25, -0.2) is 9.86 Å². The van der Waals surface area contributed by atoms with Crippen LogP contribution in [0.25, 0.3) is 0 Å². The van der Waals surface area contributed by atoms with Crippen LogP contribution in [0.3, 0.4) is 0 Å². The Balaban J connectivity index is 4.15. The summed E-state index contributed by atoms with van der Waals surface area (Å²) in [6.45, 7) is -0.755. The highest BCUT2D eigenvalue weighted by molar-refractivity contribution is 5.80. The second-order valence-electron chi connectivity index (χ2n) is 2.50. The van der Waals surface area contributed by atoms with Crippen LogP contribution in [0, 0.1) is 0 Å². The Labute approximate surface area is 81.4 Å². The third-order valence-corrected chi connectivity index (χ3v) is 1.59. The molecule has 0 aromatic heterocycles. The fraction of sp³-hybridized carbons (Fsp3) is 0.714. The van der Waals surface area contributed by atoms with E-state index in [1.165, 1.54) is 14.2 Å². The normalized spacial score (nSPS) is 9.64. The molecule has 0 atom stereocenters. The summed E-state index contributed by atoms with van der Waals surface area (Å²) in [4.78, 5) is 27.1. The van der Waals surface area contributed by atoms with Gasteiger partial charge in [0.05, 0.1) is 13.7 Å². The van der Waals surface area contributed by atoms with E-state index in [2.05, 4.69) is 4.84 Å². The van der Waals surface area contributed by atoms with E-state index in [1.807, 2.05) is 0 Å². The van der Waals surface area contributed by atoms with Crippen LogP contribution in [0.5, 0.6) is 0 Å². The van der Waals surface area contributed by atoms with E-state index in [-0.39, 0.29) is 19.7 Å². The standard InChI is InChI=1S/C7H14N2O5/c1-8(14-2)6(11)5-9(3-4-10)7(12)13/h10H,3-5H2,1-2H3,(H,12,13). The highest BCUT2D eigenvalue weighted by Gasteiger charge is 2.17. The van der Waals surface area contributed by atoms with Gasteiger partial charge in [-0.3, -0.25) is 14.5 Å². The largest absolute Gasteiger partial charge is 0.465 e. The van der Waals surface area contributed by atoms with Crippen LogP contribution in [0.2, 0.25) is 0 Å². The molecule has 0 unspecified atom stereocenters. The molecule has 0 aliphatic heterocycles. The molecule has 0 spiro atoms. The molecule has 0 aromatic carbocycles. The molecular formula is C7H14N2O5. The van der Waals surface area contributed by atoms with Crippen LogP contribution >= 0.6 is 0 Å². The van der Waals surface area contributed by atoms with E-state index in [0.29, 0.717) is 0 Å². The molecule has 0 radical (unpaired) electrons. The lowest BCUT2D eigenvalue weighted by atomic mass is 10.5. The maximum Gasteiger partial charge on any atom is 0.407 e. The highest BCUT2D eigenvalue weighted by Crippen LogP contribution is 1.92. The third-order valence-electron chi connectivity index (χ3n) is 1.59. The number of hydroxylamine groups is 2. The number of nitrogens with zero attached hydrogens (tertiary/aromatic N) is 2. The highest BCUT2D eigenvalue weighted by atomic mass is 16.7. The summed E-state index contributed by atoms with van der Waals surface area (Å²) < 4.78 is 0. The summed E-state index contributed by atoms with van der Waals surface area (Å²) in [6, 6.07) is 0. The number of carbonyl (C=O) groups excluding carboxylic acids is 1. The molecule has 0 heterocycles. The molecule has 0 aliphatic carbocycles. The van der Waals surface area contributed by atoms with Gasteiger partial charge in [-0.2, -0.15) is 0 Å². The smallest absolute Gasteiger partial charge is 0.407 e. The maximum absolute atomic E-state index is 11.2. The monoisotopic (exact) mass is 206 g/mol. The quantitative estimate of drug-likeness (QED) is 0.562. The van der Waals surface area contributed by atoms with E-state index in [4.69, 9.17) is 10.2 Å². The molecule has 2 amide bonds. The van der Waals surface area contributed by atoms with Crippen LogP contribution < -0.4 is 0 Å². The number of rotatable bonds is 5.